The van der Waals surface area contributed by atoms with Crippen LogP contribution < -0.4 is 10.6 Å². The number of piperazine rings is 1. The quantitative estimate of drug-likeness (QED) is 0.640. The number of benzene rings is 2. The Morgan fingerprint density at radius 2 is 1.58 bits per heavy atom. The zero-order valence-electron chi connectivity index (χ0n) is 19.1. The van der Waals surface area contributed by atoms with E-state index in [2.05, 4.69) is 10.6 Å². The highest BCUT2D eigenvalue weighted by atomic mass is 19.1. The van der Waals surface area contributed by atoms with Gasteiger partial charge in [0.25, 0.3) is 5.91 Å². The van der Waals surface area contributed by atoms with E-state index in [1.54, 1.807) is 4.90 Å². The van der Waals surface area contributed by atoms with Crippen LogP contribution in [0.2, 0.25) is 0 Å². The van der Waals surface area contributed by atoms with Crippen molar-refractivity contribution in [3.63, 3.8) is 0 Å². The van der Waals surface area contributed by atoms with Crippen LogP contribution in [0.5, 0.6) is 0 Å². The first-order valence-corrected chi connectivity index (χ1v) is 11.2. The Morgan fingerprint density at radius 1 is 0.939 bits per heavy atom. The van der Waals surface area contributed by atoms with Crippen LogP contribution in [-0.4, -0.2) is 66.3 Å². The predicted molar refractivity (Wildman–Crippen MR) is 124 cm³/mol. The molecule has 0 aliphatic carbocycles. The van der Waals surface area contributed by atoms with E-state index >= 15 is 0 Å². The van der Waals surface area contributed by atoms with Crippen molar-refractivity contribution in [3.8, 4) is 0 Å². The molecule has 2 N–H and O–H groups in total. The van der Waals surface area contributed by atoms with Gasteiger partial charge in [-0.05, 0) is 35.7 Å². The standard InChI is InChI=1S/C25H31FN4O3/c1-18(2)23(28-24(32)20-8-10-21(26)11-9-20)25(33)30-14-12-29(13-15-30)17-22(31)27-16-19-6-4-3-5-7-19/h3-11,18,23H,12-17H2,1-2H3,(H,27,31)(H,28,32). The van der Waals surface area contributed by atoms with Crippen LogP contribution in [0.3, 0.4) is 0 Å². The largest absolute Gasteiger partial charge is 0.351 e. The second-order valence-corrected chi connectivity index (χ2v) is 8.57. The van der Waals surface area contributed by atoms with Crippen molar-refractivity contribution in [1.29, 1.82) is 0 Å². The zero-order valence-corrected chi connectivity index (χ0v) is 19.1. The molecule has 2 aromatic carbocycles. The maximum Gasteiger partial charge on any atom is 0.251 e. The number of hydrogen-bond acceptors (Lipinski definition) is 4. The van der Waals surface area contributed by atoms with Crippen molar-refractivity contribution in [2.75, 3.05) is 32.7 Å². The van der Waals surface area contributed by atoms with E-state index in [0.29, 0.717) is 38.3 Å². The van der Waals surface area contributed by atoms with E-state index in [9.17, 15) is 18.8 Å². The van der Waals surface area contributed by atoms with E-state index in [0.717, 1.165) is 5.56 Å². The van der Waals surface area contributed by atoms with Crippen molar-refractivity contribution < 1.29 is 18.8 Å². The maximum absolute atomic E-state index is 13.1. The van der Waals surface area contributed by atoms with Crippen LogP contribution in [0.1, 0.15) is 29.8 Å². The predicted octanol–water partition coefficient (Wildman–Crippen LogP) is 2.04. The lowest BCUT2D eigenvalue weighted by molar-refractivity contribution is -0.136. The molecule has 3 rings (SSSR count). The van der Waals surface area contributed by atoms with Gasteiger partial charge in [0.2, 0.25) is 11.8 Å². The van der Waals surface area contributed by atoms with Gasteiger partial charge < -0.3 is 15.5 Å². The molecule has 1 saturated heterocycles. The fraction of sp³-hybridized carbons (Fsp3) is 0.400. The van der Waals surface area contributed by atoms with Gasteiger partial charge in [0.1, 0.15) is 11.9 Å². The molecule has 1 aliphatic heterocycles. The Labute approximate surface area is 193 Å². The number of nitrogens with one attached hydrogen (secondary N) is 2. The van der Waals surface area contributed by atoms with Gasteiger partial charge >= 0.3 is 0 Å². The monoisotopic (exact) mass is 454 g/mol. The Morgan fingerprint density at radius 3 is 2.18 bits per heavy atom. The smallest absolute Gasteiger partial charge is 0.251 e. The molecule has 0 bridgehead atoms. The number of halogens is 1. The molecule has 0 radical (unpaired) electrons. The fourth-order valence-corrected chi connectivity index (χ4v) is 3.72. The second kappa shape index (κ2) is 11.6. The van der Waals surface area contributed by atoms with Crippen LogP contribution in [0, 0.1) is 11.7 Å². The lowest BCUT2D eigenvalue weighted by atomic mass is 10.0. The Balaban J connectivity index is 1.47. The number of carbonyl (C=O) groups is 3. The summed E-state index contributed by atoms with van der Waals surface area (Å²) >= 11 is 0. The van der Waals surface area contributed by atoms with Gasteiger partial charge in [-0.3, -0.25) is 19.3 Å². The number of carbonyl (C=O) groups excluding carboxylic acids is 3. The normalized spacial score (nSPS) is 15.2. The molecule has 0 spiro atoms. The molecule has 1 fully saturated rings. The minimum absolute atomic E-state index is 0.0507. The Kier molecular flexibility index (Phi) is 8.54. The summed E-state index contributed by atoms with van der Waals surface area (Å²) in [6.45, 7) is 6.66. The second-order valence-electron chi connectivity index (χ2n) is 8.57. The lowest BCUT2D eigenvalue weighted by Crippen LogP contribution is -2.57. The Hall–Kier alpha value is -3.26. The average Bonchev–Trinajstić information content (AvgIpc) is 2.82. The summed E-state index contributed by atoms with van der Waals surface area (Å²) < 4.78 is 13.1. The lowest BCUT2D eigenvalue weighted by Gasteiger charge is -2.37. The molecule has 0 saturated carbocycles. The SMILES string of the molecule is CC(C)C(NC(=O)c1ccc(F)cc1)C(=O)N1CCN(CC(=O)NCc2ccccc2)CC1. The van der Waals surface area contributed by atoms with E-state index in [4.69, 9.17) is 0 Å². The van der Waals surface area contributed by atoms with Gasteiger partial charge in [-0.1, -0.05) is 44.2 Å². The molecule has 1 heterocycles. The minimum atomic E-state index is -0.678. The summed E-state index contributed by atoms with van der Waals surface area (Å²) in [5.74, 6) is -1.13. The van der Waals surface area contributed by atoms with Gasteiger partial charge in [0, 0.05) is 38.3 Å². The highest BCUT2D eigenvalue weighted by molar-refractivity contribution is 5.97. The molecular formula is C25H31FN4O3. The van der Waals surface area contributed by atoms with E-state index in [1.807, 2.05) is 49.1 Å². The molecule has 8 heteroatoms. The summed E-state index contributed by atoms with van der Waals surface area (Å²) in [5.41, 5.74) is 1.35. The summed E-state index contributed by atoms with van der Waals surface area (Å²) in [6.07, 6.45) is 0. The van der Waals surface area contributed by atoms with Gasteiger partial charge in [-0.15, -0.1) is 0 Å². The molecule has 7 nitrogen and oxygen atoms in total. The number of nitrogens with zero attached hydrogens (tertiary/aromatic N) is 2. The highest BCUT2D eigenvalue weighted by Crippen LogP contribution is 2.12. The van der Waals surface area contributed by atoms with E-state index in [1.165, 1.54) is 24.3 Å². The third kappa shape index (κ3) is 7.12. The molecule has 1 unspecified atom stereocenters. The first-order chi connectivity index (χ1) is 15.8. The van der Waals surface area contributed by atoms with Crippen molar-refractivity contribution in [3.05, 3.63) is 71.5 Å². The van der Waals surface area contributed by atoms with Crippen molar-refractivity contribution in [2.24, 2.45) is 5.92 Å². The fourth-order valence-electron chi connectivity index (χ4n) is 3.72. The molecule has 33 heavy (non-hydrogen) atoms. The average molecular weight is 455 g/mol. The molecule has 1 aliphatic rings. The van der Waals surface area contributed by atoms with Gasteiger partial charge in [-0.2, -0.15) is 0 Å². The van der Waals surface area contributed by atoms with Crippen LogP contribution >= 0.6 is 0 Å². The summed E-state index contributed by atoms with van der Waals surface area (Å²) in [6, 6.07) is 14.3. The van der Waals surface area contributed by atoms with Gasteiger partial charge in [0.05, 0.1) is 6.54 Å². The molecule has 2 aromatic rings. The number of amides is 3. The van der Waals surface area contributed by atoms with Crippen LogP contribution in [0.4, 0.5) is 4.39 Å². The van der Waals surface area contributed by atoms with Crippen LogP contribution in [0.15, 0.2) is 54.6 Å². The Bertz CT molecular complexity index is 942. The molecule has 0 aromatic heterocycles. The molecule has 3 amide bonds. The van der Waals surface area contributed by atoms with Gasteiger partial charge in [0.15, 0.2) is 0 Å². The zero-order chi connectivity index (χ0) is 23.8. The van der Waals surface area contributed by atoms with E-state index < -0.39 is 17.8 Å². The third-order valence-corrected chi connectivity index (χ3v) is 5.71. The van der Waals surface area contributed by atoms with Crippen molar-refractivity contribution in [1.82, 2.24) is 20.4 Å². The number of rotatable bonds is 8. The van der Waals surface area contributed by atoms with Crippen molar-refractivity contribution in [2.45, 2.75) is 26.4 Å². The maximum atomic E-state index is 13.1. The van der Waals surface area contributed by atoms with Crippen LogP contribution in [-0.2, 0) is 16.1 Å². The third-order valence-electron chi connectivity index (χ3n) is 5.71. The highest BCUT2D eigenvalue weighted by Gasteiger charge is 2.31. The number of hydrogen-bond donors (Lipinski definition) is 2. The summed E-state index contributed by atoms with van der Waals surface area (Å²) in [5, 5.41) is 5.72. The molecule has 176 valence electrons. The molecular weight excluding hydrogens is 423 g/mol. The first-order valence-electron chi connectivity index (χ1n) is 11.2. The first kappa shape index (κ1) is 24.4. The summed E-state index contributed by atoms with van der Waals surface area (Å²) in [4.78, 5) is 41.7. The minimum Gasteiger partial charge on any atom is -0.351 e. The van der Waals surface area contributed by atoms with Crippen molar-refractivity contribution >= 4 is 17.7 Å². The topological polar surface area (TPSA) is 81.8 Å². The summed E-state index contributed by atoms with van der Waals surface area (Å²) in [7, 11) is 0. The van der Waals surface area contributed by atoms with Crippen LogP contribution in [0.25, 0.3) is 0 Å². The molecule has 1 atom stereocenters. The van der Waals surface area contributed by atoms with Gasteiger partial charge in [-0.25, -0.2) is 4.39 Å². The van der Waals surface area contributed by atoms with E-state index in [-0.39, 0.29) is 24.3 Å².